The molecule has 106 valence electrons. The van der Waals surface area contributed by atoms with Crippen molar-refractivity contribution in [1.29, 1.82) is 0 Å². The number of likely N-dealkylation sites (tertiary alicyclic amines) is 1. The number of hydrogen-bond donors (Lipinski definition) is 2. The van der Waals surface area contributed by atoms with E-state index in [1.54, 1.807) is 6.07 Å². The number of piperidine rings is 1. The van der Waals surface area contributed by atoms with Gasteiger partial charge in [-0.3, -0.25) is 4.90 Å². The largest absolute Gasteiger partial charge is 0.508 e. The maximum atomic E-state index is 10.2. The number of phenols is 1. The third-order valence-corrected chi connectivity index (χ3v) is 4.36. The van der Waals surface area contributed by atoms with Crippen molar-refractivity contribution in [2.45, 2.75) is 19.4 Å². The SMILES string of the molecule is OCC1CCN(Cc2c(O)ccc3ccccc23)CC1. The van der Waals surface area contributed by atoms with Crippen LogP contribution in [0.2, 0.25) is 0 Å². The highest BCUT2D eigenvalue weighted by Gasteiger charge is 2.20. The third kappa shape index (κ3) is 2.65. The quantitative estimate of drug-likeness (QED) is 0.902. The van der Waals surface area contributed by atoms with Crippen LogP contribution in [0.25, 0.3) is 10.8 Å². The lowest BCUT2D eigenvalue weighted by molar-refractivity contribution is 0.127. The fraction of sp³-hybridized carbons (Fsp3) is 0.412. The summed E-state index contributed by atoms with van der Waals surface area (Å²) in [5, 5.41) is 21.7. The van der Waals surface area contributed by atoms with Crippen molar-refractivity contribution in [3.8, 4) is 5.75 Å². The molecule has 2 aromatic rings. The minimum atomic E-state index is 0.299. The molecule has 3 nitrogen and oxygen atoms in total. The van der Waals surface area contributed by atoms with Gasteiger partial charge in [0.15, 0.2) is 0 Å². The molecule has 3 heteroatoms. The van der Waals surface area contributed by atoms with Gasteiger partial charge in [-0.2, -0.15) is 0 Å². The molecule has 0 aromatic heterocycles. The lowest BCUT2D eigenvalue weighted by atomic mass is 9.96. The Hall–Kier alpha value is -1.58. The lowest BCUT2D eigenvalue weighted by Crippen LogP contribution is -2.34. The van der Waals surface area contributed by atoms with Crippen molar-refractivity contribution in [2.75, 3.05) is 19.7 Å². The van der Waals surface area contributed by atoms with Crippen LogP contribution < -0.4 is 0 Å². The van der Waals surface area contributed by atoms with Gasteiger partial charge >= 0.3 is 0 Å². The van der Waals surface area contributed by atoms with Gasteiger partial charge in [-0.1, -0.05) is 30.3 Å². The van der Waals surface area contributed by atoms with Gasteiger partial charge in [0.25, 0.3) is 0 Å². The fourth-order valence-corrected chi connectivity index (χ4v) is 3.04. The molecule has 1 saturated heterocycles. The predicted octanol–water partition coefficient (Wildman–Crippen LogP) is 2.75. The summed E-state index contributed by atoms with van der Waals surface area (Å²) < 4.78 is 0. The molecular weight excluding hydrogens is 250 g/mol. The van der Waals surface area contributed by atoms with Gasteiger partial charge in [-0.15, -0.1) is 0 Å². The van der Waals surface area contributed by atoms with E-state index in [1.165, 1.54) is 5.39 Å². The van der Waals surface area contributed by atoms with E-state index in [9.17, 15) is 10.2 Å². The molecule has 1 fully saturated rings. The van der Waals surface area contributed by atoms with Crippen LogP contribution in [0, 0.1) is 5.92 Å². The van der Waals surface area contributed by atoms with E-state index in [2.05, 4.69) is 17.0 Å². The maximum absolute atomic E-state index is 10.2. The topological polar surface area (TPSA) is 43.7 Å². The number of aliphatic hydroxyl groups is 1. The first-order valence-electron chi connectivity index (χ1n) is 7.30. The van der Waals surface area contributed by atoms with E-state index in [-0.39, 0.29) is 0 Å². The summed E-state index contributed by atoms with van der Waals surface area (Å²) in [5.41, 5.74) is 1.02. The number of rotatable bonds is 3. The van der Waals surface area contributed by atoms with Crippen LogP contribution in [0.15, 0.2) is 36.4 Å². The van der Waals surface area contributed by atoms with E-state index < -0.39 is 0 Å². The minimum Gasteiger partial charge on any atom is -0.508 e. The smallest absolute Gasteiger partial charge is 0.120 e. The first-order chi connectivity index (χ1) is 9.78. The highest BCUT2D eigenvalue weighted by molar-refractivity contribution is 5.87. The molecule has 1 aliphatic heterocycles. The van der Waals surface area contributed by atoms with Crippen molar-refractivity contribution in [3.63, 3.8) is 0 Å². The van der Waals surface area contributed by atoms with Gasteiger partial charge in [-0.05, 0) is 48.7 Å². The van der Waals surface area contributed by atoms with Crippen molar-refractivity contribution in [1.82, 2.24) is 4.90 Å². The Morgan fingerprint density at radius 1 is 1.05 bits per heavy atom. The average Bonchev–Trinajstić information content (AvgIpc) is 2.51. The number of phenolic OH excluding ortho intramolecular Hbond substituents is 1. The number of aromatic hydroxyl groups is 1. The Morgan fingerprint density at radius 3 is 2.55 bits per heavy atom. The molecule has 0 amide bonds. The van der Waals surface area contributed by atoms with E-state index in [1.807, 2.05) is 18.2 Å². The number of nitrogens with zero attached hydrogens (tertiary/aromatic N) is 1. The first-order valence-corrected chi connectivity index (χ1v) is 7.30. The summed E-state index contributed by atoms with van der Waals surface area (Å²) in [6.07, 6.45) is 2.09. The van der Waals surface area contributed by atoms with Gasteiger partial charge in [0.1, 0.15) is 5.75 Å². The van der Waals surface area contributed by atoms with E-state index in [0.717, 1.165) is 43.4 Å². The Bertz CT molecular complexity index is 589. The zero-order valence-electron chi connectivity index (χ0n) is 11.6. The predicted molar refractivity (Wildman–Crippen MR) is 80.7 cm³/mol. The average molecular weight is 271 g/mol. The summed E-state index contributed by atoms with van der Waals surface area (Å²) in [5.74, 6) is 0.834. The highest BCUT2D eigenvalue weighted by atomic mass is 16.3. The van der Waals surface area contributed by atoms with Crippen molar-refractivity contribution in [2.24, 2.45) is 5.92 Å². The third-order valence-electron chi connectivity index (χ3n) is 4.36. The molecule has 0 unspecified atom stereocenters. The molecular formula is C17H21NO2. The van der Waals surface area contributed by atoms with E-state index in [0.29, 0.717) is 18.3 Å². The molecule has 0 spiro atoms. The second-order valence-corrected chi connectivity index (χ2v) is 5.69. The van der Waals surface area contributed by atoms with Gasteiger partial charge in [0.2, 0.25) is 0 Å². The van der Waals surface area contributed by atoms with Crippen LogP contribution in [0.1, 0.15) is 18.4 Å². The molecule has 1 aliphatic rings. The molecule has 20 heavy (non-hydrogen) atoms. The van der Waals surface area contributed by atoms with Gasteiger partial charge in [0.05, 0.1) is 0 Å². The zero-order valence-corrected chi connectivity index (χ0v) is 11.6. The standard InChI is InChI=1S/C17H21NO2/c19-12-13-7-9-18(10-8-13)11-16-15-4-2-1-3-14(15)5-6-17(16)20/h1-6,13,19-20H,7-12H2. The molecule has 0 atom stereocenters. The van der Waals surface area contributed by atoms with Crippen molar-refractivity contribution < 1.29 is 10.2 Å². The summed E-state index contributed by atoms with van der Waals surface area (Å²) in [4.78, 5) is 2.37. The Labute approximate surface area is 119 Å². The normalized spacial score (nSPS) is 17.6. The van der Waals surface area contributed by atoms with Crippen LogP contribution in [0.5, 0.6) is 5.75 Å². The molecule has 0 saturated carbocycles. The van der Waals surface area contributed by atoms with Crippen LogP contribution >= 0.6 is 0 Å². The summed E-state index contributed by atoms with van der Waals surface area (Å²) in [7, 11) is 0. The molecule has 2 aromatic carbocycles. The summed E-state index contributed by atoms with van der Waals surface area (Å²) in [6.45, 7) is 3.07. The van der Waals surface area contributed by atoms with Crippen molar-refractivity contribution >= 4 is 10.8 Å². The van der Waals surface area contributed by atoms with Crippen molar-refractivity contribution in [3.05, 3.63) is 42.0 Å². The monoisotopic (exact) mass is 271 g/mol. The van der Waals surface area contributed by atoms with E-state index >= 15 is 0 Å². The van der Waals surface area contributed by atoms with Gasteiger partial charge in [-0.25, -0.2) is 0 Å². The van der Waals surface area contributed by atoms with E-state index in [4.69, 9.17) is 0 Å². The Balaban J connectivity index is 1.82. The molecule has 0 aliphatic carbocycles. The number of benzene rings is 2. The van der Waals surface area contributed by atoms with Gasteiger partial charge < -0.3 is 10.2 Å². The van der Waals surface area contributed by atoms with Crippen LogP contribution in [-0.2, 0) is 6.54 Å². The second-order valence-electron chi connectivity index (χ2n) is 5.69. The van der Waals surface area contributed by atoms with Crippen LogP contribution in [0.3, 0.4) is 0 Å². The van der Waals surface area contributed by atoms with Gasteiger partial charge in [0, 0.05) is 18.7 Å². The first kappa shape index (κ1) is 13.4. The minimum absolute atomic E-state index is 0.299. The second kappa shape index (κ2) is 5.81. The molecule has 2 N–H and O–H groups in total. The summed E-state index contributed by atoms with van der Waals surface area (Å²) in [6, 6.07) is 11.9. The number of hydrogen-bond acceptors (Lipinski definition) is 3. The number of fused-ring (bicyclic) bond motifs is 1. The number of aliphatic hydroxyl groups excluding tert-OH is 1. The Morgan fingerprint density at radius 2 is 1.80 bits per heavy atom. The fourth-order valence-electron chi connectivity index (χ4n) is 3.04. The Kier molecular flexibility index (Phi) is 3.90. The zero-order chi connectivity index (χ0) is 13.9. The molecule has 0 bridgehead atoms. The maximum Gasteiger partial charge on any atom is 0.120 e. The molecule has 1 heterocycles. The lowest BCUT2D eigenvalue weighted by Gasteiger charge is -2.31. The summed E-state index contributed by atoms with van der Waals surface area (Å²) >= 11 is 0. The molecule has 0 radical (unpaired) electrons. The highest BCUT2D eigenvalue weighted by Crippen LogP contribution is 2.29. The van der Waals surface area contributed by atoms with Crippen LogP contribution in [0.4, 0.5) is 0 Å². The van der Waals surface area contributed by atoms with Crippen LogP contribution in [-0.4, -0.2) is 34.8 Å². The molecule has 3 rings (SSSR count).